The molecule has 0 aliphatic carbocycles. The molecule has 0 radical (unpaired) electrons. The number of carbonyl (C=O) groups excluding carboxylic acids is 3. The number of hydrogen-bond donors (Lipinski definition) is 1. The van der Waals surface area contributed by atoms with Gasteiger partial charge in [-0.25, -0.2) is 4.79 Å². The summed E-state index contributed by atoms with van der Waals surface area (Å²) < 4.78 is 16.6. The molecule has 8 heteroatoms. The number of ether oxygens (including phenoxy) is 3. The van der Waals surface area contributed by atoms with Crippen molar-refractivity contribution in [3.05, 3.63) is 24.3 Å². The highest BCUT2D eigenvalue weighted by Crippen LogP contribution is 2.21. The van der Waals surface area contributed by atoms with Gasteiger partial charge in [-0.05, 0) is 90.1 Å². The highest BCUT2D eigenvalue weighted by molar-refractivity contribution is 5.69. The van der Waals surface area contributed by atoms with E-state index < -0.39 is 0 Å². The Bertz CT molecular complexity index is 864. The molecule has 0 spiro atoms. The zero-order chi connectivity index (χ0) is 38.5. The monoisotopic (exact) mass is 735 g/mol. The van der Waals surface area contributed by atoms with Crippen molar-refractivity contribution in [2.75, 3.05) is 40.4 Å². The number of esters is 2. The predicted octanol–water partition coefficient (Wildman–Crippen LogP) is 11.7. The van der Waals surface area contributed by atoms with Gasteiger partial charge in [-0.1, -0.05) is 129 Å². The molecule has 0 heterocycles. The lowest BCUT2D eigenvalue weighted by Crippen LogP contribution is -2.35. The number of rotatable bonds is 36. The summed E-state index contributed by atoms with van der Waals surface area (Å²) in [6.45, 7) is 11.2. The van der Waals surface area contributed by atoms with Crippen molar-refractivity contribution in [3.63, 3.8) is 0 Å². The SMILES string of the molecule is CCCCCC/C=C/COC(=O)CCCCCCCC(CCCCCCCC(=O)OC/C=C/CCCCCC)OC(=O)NCCC(C)(C)CN(C)C. The van der Waals surface area contributed by atoms with Crippen LogP contribution in [0, 0.1) is 5.41 Å². The molecule has 1 amide bonds. The molecule has 0 bridgehead atoms. The molecular formula is C44H82N2O6. The Morgan fingerprint density at radius 2 is 1.06 bits per heavy atom. The van der Waals surface area contributed by atoms with Crippen LogP contribution < -0.4 is 5.32 Å². The molecule has 0 atom stereocenters. The second-order valence-electron chi connectivity index (χ2n) is 15.7. The topological polar surface area (TPSA) is 94.2 Å². The standard InChI is InChI=1S/C44H82N2O6/c1-7-9-11-13-15-23-29-37-50-41(47)33-27-21-17-19-25-31-40(52-43(49)45-36-35-44(3,4)39-46(5)6)32-26-20-18-22-28-34-42(48)51-38-30-24-16-14-12-10-8-2/h23-24,29-30,40H,7-22,25-28,31-39H2,1-6H3,(H,45,49)/b29-23+,30-24+. The first-order valence-corrected chi connectivity index (χ1v) is 21.3. The molecule has 52 heavy (non-hydrogen) atoms. The summed E-state index contributed by atoms with van der Waals surface area (Å²) >= 11 is 0. The molecule has 0 aliphatic rings. The summed E-state index contributed by atoms with van der Waals surface area (Å²) in [6.07, 6.45) is 33.3. The van der Waals surface area contributed by atoms with Crippen LogP contribution in [0.5, 0.6) is 0 Å². The first-order chi connectivity index (χ1) is 25.1. The van der Waals surface area contributed by atoms with Gasteiger partial charge in [0, 0.05) is 25.9 Å². The van der Waals surface area contributed by atoms with Gasteiger partial charge >= 0.3 is 18.0 Å². The first kappa shape index (κ1) is 49.6. The van der Waals surface area contributed by atoms with Gasteiger partial charge in [0.1, 0.15) is 19.3 Å². The van der Waals surface area contributed by atoms with Crippen molar-refractivity contribution in [2.24, 2.45) is 5.41 Å². The van der Waals surface area contributed by atoms with Gasteiger partial charge in [0.25, 0.3) is 0 Å². The Morgan fingerprint density at radius 3 is 1.52 bits per heavy atom. The molecule has 0 aromatic rings. The Labute approximate surface area is 320 Å². The van der Waals surface area contributed by atoms with Crippen LogP contribution in [0.4, 0.5) is 4.79 Å². The molecule has 0 saturated carbocycles. The van der Waals surface area contributed by atoms with Crippen molar-refractivity contribution >= 4 is 18.0 Å². The molecular weight excluding hydrogens is 652 g/mol. The van der Waals surface area contributed by atoms with E-state index in [1.165, 1.54) is 51.4 Å². The average Bonchev–Trinajstić information content (AvgIpc) is 3.08. The van der Waals surface area contributed by atoms with Crippen LogP contribution in [0.2, 0.25) is 0 Å². The minimum atomic E-state index is -0.319. The highest BCUT2D eigenvalue weighted by Gasteiger charge is 2.20. The van der Waals surface area contributed by atoms with Crippen molar-refractivity contribution in [2.45, 2.75) is 194 Å². The number of hydrogen-bond acceptors (Lipinski definition) is 7. The van der Waals surface area contributed by atoms with Crippen LogP contribution in [0.15, 0.2) is 24.3 Å². The van der Waals surface area contributed by atoms with E-state index in [1.807, 2.05) is 12.2 Å². The quantitative estimate of drug-likeness (QED) is 0.0296. The van der Waals surface area contributed by atoms with E-state index in [0.717, 1.165) is 103 Å². The van der Waals surface area contributed by atoms with Crippen LogP contribution in [0.25, 0.3) is 0 Å². The number of nitrogens with zero attached hydrogens (tertiary/aromatic N) is 1. The molecule has 0 aromatic carbocycles. The molecule has 8 nitrogen and oxygen atoms in total. The Hall–Kier alpha value is -2.35. The van der Waals surface area contributed by atoms with E-state index in [4.69, 9.17) is 14.2 Å². The maximum atomic E-state index is 12.7. The van der Waals surface area contributed by atoms with Crippen molar-refractivity contribution in [3.8, 4) is 0 Å². The van der Waals surface area contributed by atoms with Gasteiger partial charge in [-0.2, -0.15) is 0 Å². The average molecular weight is 735 g/mol. The summed E-state index contributed by atoms with van der Waals surface area (Å²) in [6, 6.07) is 0. The fourth-order valence-electron chi connectivity index (χ4n) is 6.41. The number of allylic oxidation sites excluding steroid dienone is 2. The minimum Gasteiger partial charge on any atom is -0.461 e. The lowest BCUT2D eigenvalue weighted by molar-refractivity contribution is -0.143. The Morgan fingerprint density at radius 1 is 0.615 bits per heavy atom. The zero-order valence-corrected chi connectivity index (χ0v) is 34.8. The lowest BCUT2D eigenvalue weighted by Gasteiger charge is -2.28. The van der Waals surface area contributed by atoms with Crippen molar-refractivity contribution in [1.29, 1.82) is 0 Å². The minimum absolute atomic E-state index is 0.0980. The van der Waals surface area contributed by atoms with Gasteiger partial charge < -0.3 is 24.4 Å². The summed E-state index contributed by atoms with van der Waals surface area (Å²) in [7, 11) is 4.14. The third kappa shape index (κ3) is 36.0. The van der Waals surface area contributed by atoms with Crippen molar-refractivity contribution < 1.29 is 28.6 Å². The van der Waals surface area contributed by atoms with E-state index in [-0.39, 0.29) is 29.6 Å². The first-order valence-electron chi connectivity index (χ1n) is 21.3. The van der Waals surface area contributed by atoms with Crippen LogP contribution >= 0.6 is 0 Å². The third-order valence-electron chi connectivity index (χ3n) is 9.37. The maximum absolute atomic E-state index is 12.7. The zero-order valence-electron chi connectivity index (χ0n) is 34.8. The second kappa shape index (κ2) is 35.7. The van der Waals surface area contributed by atoms with Crippen LogP contribution in [-0.4, -0.2) is 69.4 Å². The van der Waals surface area contributed by atoms with Crippen LogP contribution in [0.1, 0.15) is 188 Å². The molecule has 0 aliphatic heterocycles. The maximum Gasteiger partial charge on any atom is 0.407 e. The second-order valence-corrected chi connectivity index (χ2v) is 15.7. The summed E-state index contributed by atoms with van der Waals surface area (Å²) in [5, 5.41) is 2.99. The number of unbranched alkanes of at least 4 members (excludes halogenated alkanes) is 16. The number of alkyl carbamates (subject to hydrolysis) is 1. The molecule has 0 saturated heterocycles. The molecule has 1 N–H and O–H groups in total. The molecule has 0 unspecified atom stereocenters. The van der Waals surface area contributed by atoms with Gasteiger partial charge in [0.05, 0.1) is 0 Å². The van der Waals surface area contributed by atoms with E-state index in [1.54, 1.807) is 0 Å². The highest BCUT2D eigenvalue weighted by atomic mass is 16.6. The summed E-state index contributed by atoms with van der Waals surface area (Å²) in [5.41, 5.74) is 0.110. The molecule has 0 fully saturated rings. The van der Waals surface area contributed by atoms with Gasteiger partial charge in [-0.15, -0.1) is 0 Å². The smallest absolute Gasteiger partial charge is 0.407 e. The number of nitrogens with one attached hydrogen (secondary N) is 1. The van der Waals surface area contributed by atoms with Gasteiger partial charge in [0.15, 0.2) is 0 Å². The van der Waals surface area contributed by atoms with Crippen molar-refractivity contribution in [1.82, 2.24) is 10.2 Å². The Kier molecular flexibility index (Phi) is 34.1. The van der Waals surface area contributed by atoms with E-state index >= 15 is 0 Å². The predicted molar refractivity (Wildman–Crippen MR) is 218 cm³/mol. The van der Waals surface area contributed by atoms with E-state index in [2.05, 4.69) is 64.2 Å². The Balaban J connectivity index is 4.35. The molecule has 0 aromatic heterocycles. The molecule has 0 rings (SSSR count). The third-order valence-corrected chi connectivity index (χ3v) is 9.37. The summed E-state index contributed by atoms with van der Waals surface area (Å²) in [4.78, 5) is 39.0. The number of carbonyl (C=O) groups is 3. The van der Waals surface area contributed by atoms with E-state index in [9.17, 15) is 14.4 Å². The van der Waals surface area contributed by atoms with Gasteiger partial charge in [0.2, 0.25) is 0 Å². The van der Waals surface area contributed by atoms with Gasteiger partial charge in [-0.3, -0.25) is 9.59 Å². The van der Waals surface area contributed by atoms with Crippen LogP contribution in [0.3, 0.4) is 0 Å². The molecule has 304 valence electrons. The fourth-order valence-corrected chi connectivity index (χ4v) is 6.41. The number of amides is 1. The lowest BCUT2D eigenvalue weighted by atomic mass is 9.89. The summed E-state index contributed by atoms with van der Waals surface area (Å²) in [5.74, 6) is -0.229. The normalized spacial score (nSPS) is 12.0. The largest absolute Gasteiger partial charge is 0.461 e. The van der Waals surface area contributed by atoms with Crippen LogP contribution in [-0.2, 0) is 23.8 Å². The fraction of sp³-hybridized carbons (Fsp3) is 0.841. The van der Waals surface area contributed by atoms with E-state index in [0.29, 0.717) is 32.6 Å².